The summed E-state index contributed by atoms with van der Waals surface area (Å²) in [5.74, 6) is -1.87. The maximum Gasteiger partial charge on any atom is 0.305 e. The summed E-state index contributed by atoms with van der Waals surface area (Å²) in [6.45, 7) is 7.27. The van der Waals surface area contributed by atoms with Gasteiger partial charge < -0.3 is 18.9 Å². The topological polar surface area (TPSA) is 88.1 Å². The highest BCUT2D eigenvalue weighted by atomic mass is 16.7. The summed E-state index contributed by atoms with van der Waals surface area (Å²) in [4.78, 5) is 33.5. The van der Waals surface area contributed by atoms with Gasteiger partial charge in [0, 0.05) is 26.7 Å². The summed E-state index contributed by atoms with van der Waals surface area (Å²) >= 11 is 0. The Morgan fingerprint density at radius 2 is 1.25 bits per heavy atom. The monoisotopic (exact) mass is 288 g/mol. The predicted molar refractivity (Wildman–Crippen MR) is 66.4 cm³/mol. The minimum absolute atomic E-state index is 0.213. The van der Waals surface area contributed by atoms with E-state index in [2.05, 4.69) is 0 Å². The molecule has 0 aromatic carbocycles. The molecule has 20 heavy (non-hydrogen) atoms. The average Bonchev–Trinajstić information content (AvgIpc) is 2.28. The van der Waals surface area contributed by atoms with E-state index in [0.29, 0.717) is 0 Å². The van der Waals surface area contributed by atoms with Gasteiger partial charge in [-0.05, 0) is 6.92 Å². The van der Waals surface area contributed by atoms with Gasteiger partial charge in [0.2, 0.25) is 12.4 Å². The number of esters is 3. The van der Waals surface area contributed by atoms with Crippen LogP contribution in [0.3, 0.4) is 0 Å². The molecule has 0 saturated carbocycles. The highest BCUT2D eigenvalue weighted by Gasteiger charge is 2.48. The minimum atomic E-state index is -1.09. The lowest BCUT2D eigenvalue weighted by Gasteiger charge is -2.42. The zero-order valence-electron chi connectivity index (χ0n) is 12.2. The summed E-state index contributed by atoms with van der Waals surface area (Å²) in [5, 5.41) is 0. The largest absolute Gasteiger partial charge is 0.458 e. The Labute approximate surface area is 117 Å². The second-order valence-electron chi connectivity index (χ2n) is 4.83. The van der Waals surface area contributed by atoms with E-state index >= 15 is 0 Å². The van der Waals surface area contributed by atoms with Crippen molar-refractivity contribution < 1.29 is 33.3 Å². The maximum absolute atomic E-state index is 11.2. The molecule has 0 N–H and O–H groups in total. The second-order valence-corrected chi connectivity index (χ2v) is 4.83. The quantitative estimate of drug-likeness (QED) is 0.560. The van der Waals surface area contributed by atoms with Gasteiger partial charge in [0.1, 0.15) is 6.10 Å². The summed E-state index contributed by atoms with van der Waals surface area (Å²) in [6.07, 6.45) is -3.13. The lowest BCUT2D eigenvalue weighted by molar-refractivity contribution is -0.278. The van der Waals surface area contributed by atoms with Crippen molar-refractivity contribution >= 4 is 17.9 Å². The van der Waals surface area contributed by atoms with Gasteiger partial charge in [0.05, 0.1) is 6.10 Å². The van der Waals surface area contributed by atoms with E-state index in [1.165, 1.54) is 20.8 Å². The molecule has 1 aliphatic rings. The van der Waals surface area contributed by atoms with E-state index in [1.807, 2.05) is 0 Å². The molecule has 0 aromatic heterocycles. The van der Waals surface area contributed by atoms with Crippen LogP contribution in [-0.4, -0.2) is 42.5 Å². The van der Waals surface area contributed by atoms with Crippen molar-refractivity contribution in [3.8, 4) is 0 Å². The molecule has 0 aliphatic carbocycles. The number of rotatable bonds is 3. The first kappa shape index (κ1) is 16.4. The normalized spacial score (nSPS) is 33.1. The van der Waals surface area contributed by atoms with Crippen LogP contribution in [0.15, 0.2) is 0 Å². The molecule has 7 heteroatoms. The number of hydrogen-bond acceptors (Lipinski definition) is 7. The van der Waals surface area contributed by atoms with Gasteiger partial charge in [-0.25, -0.2) is 0 Å². The molecular formula is C13H20O7. The van der Waals surface area contributed by atoms with Crippen LogP contribution >= 0.6 is 0 Å². The Balaban J connectivity index is 3.00. The lowest BCUT2D eigenvalue weighted by Crippen LogP contribution is -2.56. The van der Waals surface area contributed by atoms with E-state index in [9.17, 15) is 14.4 Å². The molecule has 1 rings (SSSR count). The highest BCUT2D eigenvalue weighted by Crippen LogP contribution is 2.31. The molecule has 5 atom stereocenters. The fourth-order valence-corrected chi connectivity index (χ4v) is 2.07. The van der Waals surface area contributed by atoms with Crippen molar-refractivity contribution in [1.82, 2.24) is 0 Å². The molecule has 7 nitrogen and oxygen atoms in total. The Kier molecular flexibility index (Phi) is 5.50. The van der Waals surface area contributed by atoms with Crippen LogP contribution in [0.4, 0.5) is 0 Å². The second kappa shape index (κ2) is 6.69. The summed E-state index contributed by atoms with van der Waals surface area (Å²) in [6, 6.07) is 0. The number of carbonyl (C=O) groups is 3. The molecule has 1 unspecified atom stereocenters. The third-order valence-electron chi connectivity index (χ3n) is 3.09. The molecular weight excluding hydrogens is 268 g/mol. The van der Waals surface area contributed by atoms with Crippen molar-refractivity contribution in [2.24, 2.45) is 5.92 Å². The molecule has 0 amide bonds. The average molecular weight is 288 g/mol. The summed E-state index contributed by atoms with van der Waals surface area (Å²) in [7, 11) is 0. The van der Waals surface area contributed by atoms with Gasteiger partial charge in [0.25, 0.3) is 0 Å². The number of carbonyl (C=O) groups excluding carboxylic acids is 3. The molecule has 1 heterocycles. The first-order valence-corrected chi connectivity index (χ1v) is 6.39. The Hall–Kier alpha value is -1.63. The Morgan fingerprint density at radius 3 is 1.70 bits per heavy atom. The van der Waals surface area contributed by atoms with E-state index < -0.39 is 36.4 Å². The maximum atomic E-state index is 11.2. The van der Waals surface area contributed by atoms with Crippen LogP contribution in [0.5, 0.6) is 0 Å². The van der Waals surface area contributed by atoms with Crippen LogP contribution in [0, 0.1) is 5.92 Å². The van der Waals surface area contributed by atoms with E-state index in [1.54, 1.807) is 13.8 Å². The predicted octanol–water partition coefficient (Wildman–Crippen LogP) is 0.794. The number of hydrogen-bond donors (Lipinski definition) is 0. The smallest absolute Gasteiger partial charge is 0.305 e. The minimum Gasteiger partial charge on any atom is -0.458 e. The highest BCUT2D eigenvalue weighted by molar-refractivity contribution is 5.68. The van der Waals surface area contributed by atoms with E-state index in [4.69, 9.17) is 18.9 Å². The molecule has 0 bridgehead atoms. The van der Waals surface area contributed by atoms with Crippen LogP contribution in [0.2, 0.25) is 0 Å². The van der Waals surface area contributed by atoms with Gasteiger partial charge in [-0.2, -0.15) is 0 Å². The molecule has 0 radical (unpaired) electrons. The fraction of sp³-hybridized carbons (Fsp3) is 0.769. The molecule has 114 valence electrons. The summed E-state index contributed by atoms with van der Waals surface area (Å²) in [5.41, 5.74) is 0. The molecule has 1 aliphatic heterocycles. The summed E-state index contributed by atoms with van der Waals surface area (Å²) < 4.78 is 20.9. The van der Waals surface area contributed by atoms with Gasteiger partial charge in [-0.3, -0.25) is 14.4 Å². The van der Waals surface area contributed by atoms with Crippen LogP contribution in [0.1, 0.15) is 34.6 Å². The first-order valence-electron chi connectivity index (χ1n) is 6.39. The zero-order chi connectivity index (χ0) is 15.4. The molecule has 1 fully saturated rings. The van der Waals surface area contributed by atoms with E-state index in [0.717, 1.165) is 0 Å². The van der Waals surface area contributed by atoms with Crippen molar-refractivity contribution in [1.29, 1.82) is 0 Å². The third-order valence-corrected chi connectivity index (χ3v) is 3.09. The standard InChI is InChI=1S/C13H20O7/c1-6-7(2)17-13(20-10(5)16)12(19-9(4)15)11(6)18-8(3)14/h6-7,11-13H,1-5H3/t6-,7-,11+,12+,13?/m0/s1. The van der Waals surface area contributed by atoms with Gasteiger partial charge in [0.15, 0.2) is 0 Å². The number of ether oxygens (including phenoxy) is 4. The van der Waals surface area contributed by atoms with Crippen molar-refractivity contribution in [3.63, 3.8) is 0 Å². The zero-order valence-corrected chi connectivity index (χ0v) is 12.2. The first-order chi connectivity index (χ1) is 9.22. The van der Waals surface area contributed by atoms with Gasteiger partial charge >= 0.3 is 17.9 Å². The van der Waals surface area contributed by atoms with Crippen molar-refractivity contribution in [3.05, 3.63) is 0 Å². The third kappa shape index (κ3) is 4.19. The molecule has 0 spiro atoms. The van der Waals surface area contributed by atoms with Gasteiger partial charge in [-0.1, -0.05) is 6.92 Å². The SMILES string of the molecule is CC(=O)OC1O[C@@H](C)[C@H](C)[C@@H](OC(C)=O)[C@H]1OC(C)=O. The lowest BCUT2D eigenvalue weighted by atomic mass is 9.91. The Bertz CT molecular complexity index is 392. The van der Waals surface area contributed by atoms with E-state index in [-0.39, 0.29) is 12.0 Å². The van der Waals surface area contributed by atoms with Crippen LogP contribution < -0.4 is 0 Å². The molecule has 0 aromatic rings. The fourth-order valence-electron chi connectivity index (χ4n) is 2.07. The Morgan fingerprint density at radius 1 is 0.800 bits per heavy atom. The van der Waals surface area contributed by atoms with Crippen molar-refractivity contribution in [2.75, 3.05) is 0 Å². The van der Waals surface area contributed by atoms with Crippen LogP contribution in [0.25, 0.3) is 0 Å². The van der Waals surface area contributed by atoms with Crippen LogP contribution in [-0.2, 0) is 33.3 Å². The van der Waals surface area contributed by atoms with Gasteiger partial charge in [-0.15, -0.1) is 0 Å². The molecule has 1 saturated heterocycles. The van der Waals surface area contributed by atoms with Crippen molar-refractivity contribution in [2.45, 2.75) is 59.2 Å².